The van der Waals surface area contributed by atoms with Gasteiger partial charge in [-0.15, -0.1) is 22.9 Å². The van der Waals surface area contributed by atoms with Crippen molar-refractivity contribution in [3.05, 3.63) is 49.9 Å². The Labute approximate surface area is 135 Å². The van der Waals surface area contributed by atoms with Gasteiger partial charge in [-0.2, -0.15) is 0 Å². The standard InChI is InChI=1S/C14H11Cl3N2S/c1-8-2-3-20-13(8)7-19-12-5-10(17)9(16)4-11(12)18-14(19)6-15/h2-5H,6-7H2,1H3. The number of aryl methyl sites for hydroxylation is 1. The smallest absolute Gasteiger partial charge is 0.125 e. The quantitative estimate of drug-likeness (QED) is 0.573. The van der Waals surface area contributed by atoms with E-state index in [1.165, 1.54) is 10.4 Å². The van der Waals surface area contributed by atoms with Gasteiger partial charge in [-0.05, 0) is 36.1 Å². The molecule has 3 rings (SSSR count). The van der Waals surface area contributed by atoms with Gasteiger partial charge in [0.25, 0.3) is 0 Å². The van der Waals surface area contributed by atoms with E-state index in [1.54, 1.807) is 17.4 Å². The first-order chi connectivity index (χ1) is 9.60. The predicted octanol–water partition coefficient (Wildman–Crippen LogP) is 5.50. The minimum absolute atomic E-state index is 0.355. The summed E-state index contributed by atoms with van der Waals surface area (Å²) < 4.78 is 2.10. The molecule has 0 saturated carbocycles. The highest BCUT2D eigenvalue weighted by Gasteiger charge is 2.14. The molecule has 0 atom stereocenters. The van der Waals surface area contributed by atoms with Gasteiger partial charge in [-0.25, -0.2) is 4.98 Å². The molecule has 2 aromatic heterocycles. The Kier molecular flexibility index (Phi) is 3.95. The van der Waals surface area contributed by atoms with Crippen molar-refractivity contribution in [3.63, 3.8) is 0 Å². The summed E-state index contributed by atoms with van der Waals surface area (Å²) in [6, 6.07) is 5.75. The first-order valence-corrected chi connectivity index (χ1v) is 8.20. The summed E-state index contributed by atoms with van der Waals surface area (Å²) >= 11 is 19.9. The van der Waals surface area contributed by atoms with Crippen LogP contribution in [0.15, 0.2) is 23.6 Å². The summed E-state index contributed by atoms with van der Waals surface area (Å²) in [6.07, 6.45) is 0. The Bertz CT molecular complexity index is 776. The average Bonchev–Trinajstić information content (AvgIpc) is 2.96. The lowest BCUT2D eigenvalue weighted by atomic mass is 10.2. The molecule has 3 aromatic rings. The predicted molar refractivity (Wildman–Crippen MR) is 87.5 cm³/mol. The van der Waals surface area contributed by atoms with Gasteiger partial charge >= 0.3 is 0 Å². The van der Waals surface area contributed by atoms with Crippen molar-refractivity contribution in [2.24, 2.45) is 0 Å². The fourth-order valence-corrected chi connectivity index (χ4v) is 3.57. The first kappa shape index (κ1) is 14.2. The molecule has 0 bridgehead atoms. The van der Waals surface area contributed by atoms with E-state index in [4.69, 9.17) is 34.8 Å². The summed E-state index contributed by atoms with van der Waals surface area (Å²) in [5.74, 6) is 1.18. The molecule has 0 N–H and O–H groups in total. The SMILES string of the molecule is Cc1ccsc1Cn1c(CCl)nc2cc(Cl)c(Cl)cc21. The Balaban J connectivity index is 2.17. The maximum atomic E-state index is 6.12. The largest absolute Gasteiger partial charge is 0.322 e. The minimum Gasteiger partial charge on any atom is -0.322 e. The molecular weight excluding hydrogens is 335 g/mol. The number of thiophene rings is 1. The van der Waals surface area contributed by atoms with Gasteiger partial charge in [0.1, 0.15) is 5.82 Å². The average molecular weight is 346 g/mol. The molecule has 2 heterocycles. The summed E-state index contributed by atoms with van der Waals surface area (Å²) in [5.41, 5.74) is 3.06. The number of fused-ring (bicyclic) bond motifs is 1. The highest BCUT2D eigenvalue weighted by molar-refractivity contribution is 7.10. The topological polar surface area (TPSA) is 17.8 Å². The lowest BCUT2D eigenvalue weighted by molar-refractivity contribution is 0.786. The van der Waals surface area contributed by atoms with E-state index in [0.717, 1.165) is 23.4 Å². The molecule has 0 spiro atoms. The van der Waals surface area contributed by atoms with E-state index in [2.05, 4.69) is 27.9 Å². The fourth-order valence-electron chi connectivity index (χ4n) is 2.16. The van der Waals surface area contributed by atoms with Crippen LogP contribution in [0, 0.1) is 6.92 Å². The summed E-state index contributed by atoms with van der Waals surface area (Å²) in [6.45, 7) is 2.86. The van der Waals surface area contributed by atoms with Crippen molar-refractivity contribution < 1.29 is 0 Å². The van der Waals surface area contributed by atoms with Crippen molar-refractivity contribution >= 4 is 57.2 Å². The third-order valence-electron chi connectivity index (χ3n) is 3.26. The van der Waals surface area contributed by atoms with Crippen LogP contribution >= 0.6 is 46.1 Å². The molecule has 0 aliphatic heterocycles. The fraction of sp³-hybridized carbons (Fsp3) is 0.214. The zero-order valence-corrected chi connectivity index (χ0v) is 13.7. The molecule has 0 saturated heterocycles. The number of alkyl halides is 1. The summed E-state index contributed by atoms with van der Waals surface area (Å²) in [4.78, 5) is 5.83. The lowest BCUT2D eigenvalue weighted by Gasteiger charge is -2.07. The molecule has 6 heteroatoms. The monoisotopic (exact) mass is 344 g/mol. The second kappa shape index (κ2) is 5.57. The van der Waals surface area contributed by atoms with E-state index < -0.39 is 0 Å². The highest BCUT2D eigenvalue weighted by atomic mass is 35.5. The molecule has 0 amide bonds. The van der Waals surface area contributed by atoms with Crippen LogP contribution in [0.25, 0.3) is 11.0 Å². The van der Waals surface area contributed by atoms with Crippen LogP contribution in [0.2, 0.25) is 10.0 Å². The number of imidazole rings is 1. The number of nitrogens with zero attached hydrogens (tertiary/aromatic N) is 2. The third-order valence-corrected chi connectivity index (χ3v) is 5.23. The number of hydrogen-bond donors (Lipinski definition) is 0. The van der Waals surface area contributed by atoms with E-state index in [-0.39, 0.29) is 0 Å². The van der Waals surface area contributed by atoms with E-state index >= 15 is 0 Å². The number of halogens is 3. The van der Waals surface area contributed by atoms with Crippen molar-refractivity contribution in [2.45, 2.75) is 19.3 Å². The molecule has 1 aromatic carbocycles. The van der Waals surface area contributed by atoms with Gasteiger partial charge < -0.3 is 4.57 Å². The van der Waals surface area contributed by atoms with Gasteiger partial charge in [0.2, 0.25) is 0 Å². The van der Waals surface area contributed by atoms with E-state index in [0.29, 0.717) is 15.9 Å². The van der Waals surface area contributed by atoms with Gasteiger partial charge in [0.15, 0.2) is 0 Å². The van der Waals surface area contributed by atoms with Crippen molar-refractivity contribution in [2.75, 3.05) is 0 Å². The Hall–Kier alpha value is -0.740. The molecule has 0 aliphatic rings. The minimum atomic E-state index is 0.355. The molecular formula is C14H11Cl3N2S. The van der Waals surface area contributed by atoms with E-state index in [9.17, 15) is 0 Å². The molecule has 0 radical (unpaired) electrons. The summed E-state index contributed by atoms with van der Waals surface area (Å²) in [7, 11) is 0. The van der Waals surface area contributed by atoms with Gasteiger partial charge in [0.05, 0.1) is 33.5 Å². The maximum Gasteiger partial charge on any atom is 0.125 e. The van der Waals surface area contributed by atoms with E-state index in [1.807, 2.05) is 6.07 Å². The van der Waals surface area contributed by atoms with Crippen LogP contribution in [0.3, 0.4) is 0 Å². The van der Waals surface area contributed by atoms with Crippen LogP contribution in [0.1, 0.15) is 16.3 Å². The van der Waals surface area contributed by atoms with Crippen LogP contribution < -0.4 is 0 Å². The zero-order valence-electron chi connectivity index (χ0n) is 10.7. The Morgan fingerprint density at radius 2 is 2.00 bits per heavy atom. The molecule has 20 heavy (non-hydrogen) atoms. The van der Waals surface area contributed by atoms with Gasteiger partial charge in [-0.1, -0.05) is 23.2 Å². The molecule has 104 valence electrons. The molecule has 0 fully saturated rings. The van der Waals surface area contributed by atoms with Crippen LogP contribution in [0.5, 0.6) is 0 Å². The van der Waals surface area contributed by atoms with Crippen LogP contribution in [-0.2, 0) is 12.4 Å². The lowest BCUT2D eigenvalue weighted by Crippen LogP contribution is -2.03. The summed E-state index contributed by atoms with van der Waals surface area (Å²) in [5, 5.41) is 3.13. The highest BCUT2D eigenvalue weighted by Crippen LogP contribution is 2.30. The van der Waals surface area contributed by atoms with Gasteiger partial charge in [0, 0.05) is 4.88 Å². The number of rotatable bonds is 3. The third kappa shape index (κ3) is 2.44. The molecule has 0 unspecified atom stereocenters. The number of aromatic nitrogens is 2. The molecule has 2 nitrogen and oxygen atoms in total. The number of benzene rings is 1. The van der Waals surface area contributed by atoms with Crippen LogP contribution in [-0.4, -0.2) is 9.55 Å². The second-order valence-electron chi connectivity index (χ2n) is 4.53. The second-order valence-corrected chi connectivity index (χ2v) is 6.61. The van der Waals surface area contributed by atoms with Crippen molar-refractivity contribution in [3.8, 4) is 0 Å². The van der Waals surface area contributed by atoms with Crippen molar-refractivity contribution in [1.29, 1.82) is 0 Å². The zero-order chi connectivity index (χ0) is 14.3. The maximum absolute atomic E-state index is 6.12. The normalized spacial score (nSPS) is 11.4. The van der Waals surface area contributed by atoms with Crippen molar-refractivity contribution in [1.82, 2.24) is 9.55 Å². The van der Waals surface area contributed by atoms with Gasteiger partial charge in [-0.3, -0.25) is 0 Å². The number of hydrogen-bond acceptors (Lipinski definition) is 2. The Morgan fingerprint density at radius 1 is 1.25 bits per heavy atom. The molecule has 0 aliphatic carbocycles. The van der Waals surface area contributed by atoms with Crippen LogP contribution in [0.4, 0.5) is 0 Å². The first-order valence-electron chi connectivity index (χ1n) is 6.03. The Morgan fingerprint density at radius 3 is 2.65 bits per heavy atom.